The zero-order valence-corrected chi connectivity index (χ0v) is 44.3. The van der Waals surface area contributed by atoms with Gasteiger partial charge in [0.2, 0.25) is 10.0 Å². The summed E-state index contributed by atoms with van der Waals surface area (Å²) < 4.78 is 69.3. The van der Waals surface area contributed by atoms with Crippen LogP contribution in [0, 0.1) is 22.1 Å². The van der Waals surface area contributed by atoms with E-state index in [1.54, 1.807) is 29.6 Å². The van der Waals surface area contributed by atoms with Gasteiger partial charge in [0, 0.05) is 80.8 Å². The minimum atomic E-state index is -3.35. The zero-order valence-electron chi connectivity index (χ0n) is 42.7. The van der Waals surface area contributed by atoms with Gasteiger partial charge in [0.15, 0.2) is 5.75 Å². The van der Waals surface area contributed by atoms with Gasteiger partial charge < -0.3 is 39.3 Å². The molecule has 0 radical (unpaired) electrons. The van der Waals surface area contributed by atoms with Crippen molar-refractivity contribution in [3.63, 3.8) is 0 Å². The average Bonchev–Trinajstić information content (AvgIpc) is 3.75. The van der Waals surface area contributed by atoms with Gasteiger partial charge in [0.1, 0.15) is 47.6 Å². The van der Waals surface area contributed by atoms with Gasteiger partial charge in [-0.1, -0.05) is 38.1 Å². The van der Waals surface area contributed by atoms with Crippen LogP contribution in [0.4, 0.5) is 21.5 Å². The Kier molecular flexibility index (Phi) is 14.9. The molecule has 396 valence electrons. The fourth-order valence-corrected chi connectivity index (χ4v) is 13.4. The Morgan fingerprint density at radius 1 is 1.03 bits per heavy atom. The molecule has 5 heterocycles. The van der Waals surface area contributed by atoms with E-state index in [0.29, 0.717) is 67.4 Å². The van der Waals surface area contributed by atoms with Gasteiger partial charge in [0.25, 0.3) is 11.8 Å². The number of pyridine rings is 1. The van der Waals surface area contributed by atoms with Crippen LogP contribution >= 0.6 is 11.9 Å². The normalized spacial score (nSPS) is 23.5. The van der Waals surface area contributed by atoms with Crippen molar-refractivity contribution >= 4 is 56.0 Å². The third-order valence-corrected chi connectivity index (χ3v) is 18.2. The third-order valence-electron chi connectivity index (χ3n) is 16.2. The van der Waals surface area contributed by atoms with Gasteiger partial charge in [-0.2, -0.15) is 9.29 Å². The number of nitrogens with zero attached hydrogens (tertiary/aromatic N) is 5. The fourth-order valence-electron chi connectivity index (χ4n) is 11.9. The minimum Gasteiger partial charge on any atom is -0.489 e. The number of carbonyl (C=O) groups is 1. The molecule has 1 spiro atoms. The molecule has 5 aliphatic rings. The summed E-state index contributed by atoms with van der Waals surface area (Å²) in [5, 5.41) is 17.5. The number of hydrogen-bond donors (Lipinski definition) is 4. The first-order chi connectivity index (χ1) is 35.5. The Morgan fingerprint density at radius 3 is 2.53 bits per heavy atom. The predicted molar refractivity (Wildman–Crippen MR) is 284 cm³/mol. The van der Waals surface area contributed by atoms with Crippen LogP contribution in [0.2, 0.25) is 0 Å². The number of halogens is 1. The summed E-state index contributed by atoms with van der Waals surface area (Å²) in [6.45, 7) is 10.2. The maximum atomic E-state index is 15.1. The topological polar surface area (TPSA) is 200 Å². The number of benzene rings is 3. The van der Waals surface area contributed by atoms with Crippen LogP contribution in [0.3, 0.4) is 0 Å². The molecule has 3 aromatic carbocycles. The number of piperazine rings is 1. The highest BCUT2D eigenvalue weighted by atomic mass is 32.2. The van der Waals surface area contributed by atoms with Crippen molar-refractivity contribution < 1.29 is 41.7 Å². The van der Waals surface area contributed by atoms with Gasteiger partial charge in [-0.15, -0.1) is 4.91 Å². The number of nitroso groups, excluding NO2 is 1. The van der Waals surface area contributed by atoms with E-state index in [9.17, 15) is 23.2 Å². The number of aliphatic hydroxyl groups is 1. The molecule has 2 atom stereocenters. The van der Waals surface area contributed by atoms with Crippen molar-refractivity contribution in [2.24, 2.45) is 16.5 Å². The molecule has 2 saturated carbocycles. The van der Waals surface area contributed by atoms with Crippen molar-refractivity contribution in [2.45, 2.75) is 107 Å². The molecule has 2 aromatic heterocycles. The number of carbonyl (C=O) groups excluding carboxylic acids is 1. The molecule has 1 unspecified atom stereocenters. The van der Waals surface area contributed by atoms with E-state index in [1.165, 1.54) is 29.6 Å². The van der Waals surface area contributed by atoms with Crippen LogP contribution in [0.1, 0.15) is 106 Å². The number of amides is 1. The number of anilines is 2. The summed E-state index contributed by atoms with van der Waals surface area (Å²) in [5.74, 6) is 0.402. The van der Waals surface area contributed by atoms with Gasteiger partial charge >= 0.3 is 0 Å². The lowest BCUT2D eigenvalue weighted by Crippen LogP contribution is -2.60. The Hall–Kier alpha value is -5.51. The maximum Gasteiger partial charge on any atom is 0.265 e. The first-order valence-corrected chi connectivity index (χ1v) is 28.4. The smallest absolute Gasteiger partial charge is 0.265 e. The lowest BCUT2D eigenvalue weighted by Gasteiger charge is -2.58. The number of aromatic amines is 1. The highest BCUT2D eigenvalue weighted by Crippen LogP contribution is 2.54. The van der Waals surface area contributed by atoms with E-state index < -0.39 is 27.3 Å². The first kappa shape index (κ1) is 52.0. The zero-order chi connectivity index (χ0) is 51.9. The first-order valence-electron chi connectivity index (χ1n) is 25.8. The van der Waals surface area contributed by atoms with Gasteiger partial charge in [0.05, 0.1) is 35.5 Å². The number of hydrogen-bond acceptors (Lipinski definition) is 15. The van der Waals surface area contributed by atoms with Crippen LogP contribution in [0.15, 0.2) is 76.9 Å². The second-order valence-corrected chi connectivity index (χ2v) is 24.4. The number of methoxy groups -OCH3 is 1. The number of ether oxygens (including phenoxy) is 4. The van der Waals surface area contributed by atoms with Crippen molar-refractivity contribution in [1.29, 1.82) is 0 Å². The number of piperidine rings is 1. The van der Waals surface area contributed by atoms with Crippen LogP contribution in [0.25, 0.3) is 11.0 Å². The number of aromatic nitrogens is 2. The van der Waals surface area contributed by atoms with E-state index in [2.05, 4.69) is 73.1 Å². The van der Waals surface area contributed by atoms with Gasteiger partial charge in [-0.25, -0.2) is 12.8 Å². The summed E-state index contributed by atoms with van der Waals surface area (Å²) in [4.78, 5) is 39.3. The monoisotopic (exact) mass is 1050 g/mol. The second-order valence-electron chi connectivity index (χ2n) is 21.5. The van der Waals surface area contributed by atoms with Crippen molar-refractivity contribution in [3.05, 3.63) is 94.3 Å². The lowest BCUT2D eigenvalue weighted by atomic mass is 9.59. The highest BCUT2D eigenvalue weighted by molar-refractivity contribution is 7.98. The molecule has 20 heteroatoms. The Balaban J connectivity index is 0.867. The molecular weight excluding hydrogens is 988 g/mol. The SMILES string of the molecule is COCCOc1nc2[nH]cc(F)c2cc1Oc1cc(N2CCC3(CC2)CC(N2CCN(S(C)(=O)=O)C[C@H]2c2ccccc2C(C)C)C3)ccc1C(=O)NSc1cc(N=O)c2c(c1)OCC([C@H]1CC[C@](C)(O)CC1)N2. The van der Waals surface area contributed by atoms with E-state index in [-0.39, 0.29) is 76.3 Å². The van der Waals surface area contributed by atoms with Crippen LogP contribution in [-0.4, -0.2) is 122 Å². The van der Waals surface area contributed by atoms with Crippen LogP contribution in [-0.2, 0) is 14.8 Å². The Labute approximate surface area is 436 Å². The van der Waals surface area contributed by atoms with Gasteiger partial charge in [-0.05, 0) is 128 Å². The van der Waals surface area contributed by atoms with Gasteiger partial charge in [-0.3, -0.25) is 14.4 Å². The molecule has 2 saturated heterocycles. The second kappa shape index (κ2) is 21.3. The number of rotatable bonds is 16. The molecular formula is C54H67FN8O9S2. The summed E-state index contributed by atoms with van der Waals surface area (Å²) in [7, 11) is -1.80. The third kappa shape index (κ3) is 10.9. The predicted octanol–water partition coefficient (Wildman–Crippen LogP) is 9.66. The summed E-state index contributed by atoms with van der Waals surface area (Å²) >= 11 is 1.01. The molecule has 17 nitrogen and oxygen atoms in total. The molecule has 1 amide bonds. The Morgan fingerprint density at radius 2 is 1.80 bits per heavy atom. The number of nitrogens with one attached hydrogen (secondary N) is 3. The fraction of sp³-hybridized carbons (Fsp3) is 0.519. The standard InChI is InChI=1S/C54H67FN8O9S2/c1-33(2)38-8-6-7-9-39(38)45-31-62(74(5,67)68)20-21-63(45)36-28-54(29-36)16-18-61(19-17-54)35-10-11-40(46(24-35)72-48-27-41-42(55)30-56-50(41)58-52(48)70-23-22-69-4)51(64)60-73-37-25-43(59-66)49-47(26-37)71-32-44(57-49)34-12-14-53(3,65)15-13-34/h6-11,24-27,30,33-34,36,44-45,57,65H,12-23,28-29,31-32H2,1-5H3,(H,56,58)(H,60,64)/t34-,44?,45-,53-/m0/s1. The number of fused-ring (bicyclic) bond motifs is 2. The van der Waals surface area contributed by atoms with Crippen molar-refractivity contribution in [2.75, 3.05) is 76.1 Å². The quantitative estimate of drug-likeness (QED) is 0.0414. The molecule has 5 aromatic rings. The van der Waals surface area contributed by atoms with Crippen LogP contribution < -0.4 is 29.1 Å². The summed E-state index contributed by atoms with van der Waals surface area (Å²) in [5.41, 5.74) is 3.91. The molecule has 4 N–H and O–H groups in total. The largest absolute Gasteiger partial charge is 0.489 e. The van der Waals surface area contributed by atoms with E-state index in [1.807, 2.05) is 19.1 Å². The summed E-state index contributed by atoms with van der Waals surface area (Å²) in [6.07, 6.45) is 9.57. The minimum absolute atomic E-state index is 0.0292. The highest BCUT2D eigenvalue weighted by Gasteiger charge is 2.50. The molecule has 3 aliphatic heterocycles. The Bertz CT molecular complexity index is 2980. The van der Waals surface area contributed by atoms with Crippen LogP contribution in [0.5, 0.6) is 23.1 Å². The molecule has 2 aliphatic carbocycles. The number of H-pyrrole nitrogens is 1. The summed E-state index contributed by atoms with van der Waals surface area (Å²) in [6, 6.07) is 19.1. The maximum absolute atomic E-state index is 15.1. The van der Waals surface area contributed by atoms with E-state index >= 15 is 4.39 Å². The molecule has 4 fully saturated rings. The lowest BCUT2D eigenvalue weighted by molar-refractivity contribution is -0.0521. The van der Waals surface area contributed by atoms with Crippen molar-refractivity contribution in [1.82, 2.24) is 23.9 Å². The molecule has 74 heavy (non-hydrogen) atoms. The average molecular weight is 1060 g/mol. The molecule has 10 rings (SSSR count). The van der Waals surface area contributed by atoms with Crippen molar-refractivity contribution in [3.8, 4) is 23.1 Å². The molecule has 0 bridgehead atoms. The van der Waals surface area contributed by atoms with E-state index in [4.69, 9.17) is 18.9 Å². The van der Waals surface area contributed by atoms with E-state index in [0.717, 1.165) is 69.2 Å². The number of sulfonamides is 1.